The van der Waals surface area contributed by atoms with Crippen molar-refractivity contribution in [3.05, 3.63) is 87.3 Å². The quantitative estimate of drug-likeness (QED) is 0.636. The van der Waals surface area contributed by atoms with Gasteiger partial charge >= 0.3 is 5.97 Å². The Morgan fingerprint density at radius 2 is 1.89 bits per heavy atom. The highest BCUT2D eigenvalue weighted by molar-refractivity contribution is 7.15. The molecule has 0 radical (unpaired) electrons. The molecule has 3 aromatic rings. The van der Waals surface area contributed by atoms with Gasteiger partial charge in [0.25, 0.3) is 5.91 Å². The number of aryl methyl sites for hydroxylation is 2. The normalized spacial score (nSPS) is 15.7. The molecule has 0 bridgehead atoms. The van der Waals surface area contributed by atoms with Crippen molar-refractivity contribution >= 4 is 28.2 Å². The van der Waals surface area contributed by atoms with E-state index in [0.29, 0.717) is 10.6 Å². The molecule has 2 N–H and O–H groups in total. The Morgan fingerprint density at radius 1 is 1.11 bits per heavy atom. The maximum Gasteiger partial charge on any atom is 0.339 e. The van der Waals surface area contributed by atoms with E-state index in [4.69, 9.17) is 0 Å². The average molecular weight is 391 g/mol. The van der Waals surface area contributed by atoms with Crippen LogP contribution >= 0.6 is 11.3 Å². The number of carbonyl (C=O) groups is 2. The fraction of sp³-hybridized carbons (Fsp3) is 0.217. The van der Waals surface area contributed by atoms with Gasteiger partial charge in [-0.25, -0.2) is 4.79 Å². The van der Waals surface area contributed by atoms with Crippen molar-refractivity contribution in [1.82, 2.24) is 0 Å². The van der Waals surface area contributed by atoms with Crippen molar-refractivity contribution in [1.29, 1.82) is 0 Å². The third kappa shape index (κ3) is 3.58. The number of carboxylic acid groups (broad SMARTS) is 1. The zero-order chi connectivity index (χ0) is 19.7. The molecule has 1 amide bonds. The van der Waals surface area contributed by atoms with Crippen LogP contribution in [0.2, 0.25) is 0 Å². The highest BCUT2D eigenvalue weighted by Gasteiger charge is 2.28. The van der Waals surface area contributed by atoms with Gasteiger partial charge in [-0.2, -0.15) is 0 Å². The SMILES string of the molecule is Cc1cccc(C(=O)Nc2scc(C3CCc4ccccc4C3)c2C(=O)O)c1. The molecule has 0 aliphatic heterocycles. The molecule has 1 aliphatic carbocycles. The Hall–Kier alpha value is -2.92. The molecule has 1 atom stereocenters. The number of anilines is 1. The minimum Gasteiger partial charge on any atom is -0.478 e. The van der Waals surface area contributed by atoms with Crippen molar-refractivity contribution in [2.45, 2.75) is 32.1 Å². The Balaban J connectivity index is 1.62. The molecule has 4 nitrogen and oxygen atoms in total. The summed E-state index contributed by atoms with van der Waals surface area (Å²) in [5.41, 5.74) is 5.20. The predicted octanol–water partition coefficient (Wildman–Crippen LogP) is 5.28. The van der Waals surface area contributed by atoms with Crippen LogP contribution in [-0.4, -0.2) is 17.0 Å². The molecule has 1 unspecified atom stereocenters. The van der Waals surface area contributed by atoms with Gasteiger partial charge in [-0.1, -0.05) is 42.0 Å². The minimum absolute atomic E-state index is 0.155. The number of carbonyl (C=O) groups excluding carboxylic acids is 1. The molecule has 142 valence electrons. The van der Waals surface area contributed by atoms with Gasteiger partial charge in [0.05, 0.1) is 5.56 Å². The second kappa shape index (κ2) is 7.60. The monoisotopic (exact) mass is 391 g/mol. The van der Waals surface area contributed by atoms with Crippen molar-refractivity contribution in [3.63, 3.8) is 0 Å². The lowest BCUT2D eigenvalue weighted by Gasteiger charge is -2.24. The largest absolute Gasteiger partial charge is 0.478 e. The topological polar surface area (TPSA) is 66.4 Å². The van der Waals surface area contributed by atoms with Gasteiger partial charge in [0.2, 0.25) is 0 Å². The summed E-state index contributed by atoms with van der Waals surface area (Å²) in [6, 6.07) is 15.6. The summed E-state index contributed by atoms with van der Waals surface area (Å²) in [4.78, 5) is 24.6. The van der Waals surface area contributed by atoms with Crippen LogP contribution in [0.4, 0.5) is 5.00 Å². The molecule has 0 fully saturated rings. The molecular formula is C23H21NO3S. The molecule has 1 aliphatic rings. The van der Waals surface area contributed by atoms with E-state index in [2.05, 4.69) is 17.4 Å². The van der Waals surface area contributed by atoms with Crippen molar-refractivity contribution in [3.8, 4) is 0 Å². The molecule has 4 rings (SSSR count). The smallest absolute Gasteiger partial charge is 0.339 e. The summed E-state index contributed by atoms with van der Waals surface area (Å²) in [6.07, 6.45) is 2.69. The van der Waals surface area contributed by atoms with E-state index < -0.39 is 5.97 Å². The van der Waals surface area contributed by atoms with E-state index >= 15 is 0 Å². The van der Waals surface area contributed by atoms with E-state index in [0.717, 1.165) is 30.4 Å². The van der Waals surface area contributed by atoms with Gasteiger partial charge in [-0.3, -0.25) is 4.79 Å². The van der Waals surface area contributed by atoms with Crippen LogP contribution in [0.15, 0.2) is 53.9 Å². The highest BCUT2D eigenvalue weighted by Crippen LogP contribution is 2.39. The lowest BCUT2D eigenvalue weighted by atomic mass is 9.80. The van der Waals surface area contributed by atoms with Crippen LogP contribution in [0.25, 0.3) is 0 Å². The van der Waals surface area contributed by atoms with E-state index in [1.165, 1.54) is 22.5 Å². The third-order valence-corrected chi connectivity index (χ3v) is 6.24. The van der Waals surface area contributed by atoms with Crippen LogP contribution < -0.4 is 5.32 Å². The zero-order valence-corrected chi connectivity index (χ0v) is 16.4. The summed E-state index contributed by atoms with van der Waals surface area (Å²) >= 11 is 1.29. The number of rotatable bonds is 4. The molecule has 0 saturated carbocycles. The number of hydrogen-bond acceptors (Lipinski definition) is 3. The van der Waals surface area contributed by atoms with Crippen molar-refractivity contribution in [2.75, 3.05) is 5.32 Å². The third-order valence-electron chi connectivity index (χ3n) is 5.33. The van der Waals surface area contributed by atoms with Gasteiger partial charge in [0, 0.05) is 5.56 Å². The van der Waals surface area contributed by atoms with Crippen molar-refractivity contribution < 1.29 is 14.7 Å². The van der Waals surface area contributed by atoms with Crippen LogP contribution in [0.1, 0.15) is 55.3 Å². The molecule has 2 aromatic carbocycles. The fourth-order valence-corrected chi connectivity index (χ4v) is 4.94. The van der Waals surface area contributed by atoms with E-state index in [9.17, 15) is 14.7 Å². The maximum atomic E-state index is 12.6. The van der Waals surface area contributed by atoms with Gasteiger partial charge in [0.1, 0.15) is 5.00 Å². The summed E-state index contributed by atoms with van der Waals surface area (Å²) < 4.78 is 0. The zero-order valence-electron chi connectivity index (χ0n) is 15.6. The van der Waals surface area contributed by atoms with E-state index in [1.54, 1.807) is 12.1 Å². The number of carboxylic acids is 1. The lowest BCUT2D eigenvalue weighted by Crippen LogP contribution is -2.17. The number of benzene rings is 2. The molecule has 0 spiro atoms. The first-order valence-electron chi connectivity index (χ1n) is 9.32. The average Bonchev–Trinajstić information content (AvgIpc) is 3.11. The standard InChI is InChI=1S/C23H21NO3S/c1-14-5-4-8-18(11-14)21(25)24-22-20(23(26)27)19(13-28-22)17-10-9-15-6-2-3-7-16(15)12-17/h2-8,11,13,17H,9-10,12H2,1H3,(H,24,25)(H,26,27). The van der Waals surface area contributed by atoms with Crippen LogP contribution in [0, 0.1) is 6.92 Å². The Morgan fingerprint density at radius 3 is 2.64 bits per heavy atom. The number of amides is 1. The van der Waals surface area contributed by atoms with Crippen LogP contribution in [-0.2, 0) is 12.8 Å². The molecule has 0 saturated heterocycles. The Labute approximate surface area is 167 Å². The fourth-order valence-electron chi connectivity index (χ4n) is 3.91. The summed E-state index contributed by atoms with van der Waals surface area (Å²) in [5, 5.41) is 15.0. The first-order valence-corrected chi connectivity index (χ1v) is 10.2. The second-order valence-electron chi connectivity index (χ2n) is 7.23. The molecule has 28 heavy (non-hydrogen) atoms. The number of nitrogens with one attached hydrogen (secondary N) is 1. The first kappa shape index (κ1) is 18.4. The number of aromatic carboxylic acids is 1. The predicted molar refractivity (Wildman–Crippen MR) is 112 cm³/mol. The first-order chi connectivity index (χ1) is 13.5. The number of fused-ring (bicyclic) bond motifs is 1. The molecule has 5 heteroatoms. The van der Waals surface area contributed by atoms with Crippen LogP contribution in [0.5, 0.6) is 0 Å². The highest BCUT2D eigenvalue weighted by atomic mass is 32.1. The van der Waals surface area contributed by atoms with Crippen LogP contribution in [0.3, 0.4) is 0 Å². The minimum atomic E-state index is -0.991. The van der Waals surface area contributed by atoms with Gasteiger partial charge in [0.15, 0.2) is 0 Å². The lowest BCUT2D eigenvalue weighted by molar-refractivity contribution is 0.0696. The number of thiophene rings is 1. The maximum absolute atomic E-state index is 12.6. The van der Waals surface area contributed by atoms with Gasteiger partial charge < -0.3 is 10.4 Å². The molecule has 1 heterocycles. The second-order valence-corrected chi connectivity index (χ2v) is 8.11. The molecule has 1 aromatic heterocycles. The Bertz CT molecular complexity index is 1050. The Kier molecular flexibility index (Phi) is 5.01. The van der Waals surface area contributed by atoms with E-state index in [1.807, 2.05) is 36.6 Å². The summed E-state index contributed by atoms with van der Waals surface area (Å²) in [5.74, 6) is -1.12. The van der Waals surface area contributed by atoms with Crippen molar-refractivity contribution in [2.24, 2.45) is 0 Å². The number of hydrogen-bond donors (Lipinski definition) is 2. The summed E-state index contributed by atoms with van der Waals surface area (Å²) in [6.45, 7) is 1.92. The summed E-state index contributed by atoms with van der Waals surface area (Å²) in [7, 11) is 0. The van der Waals surface area contributed by atoms with Gasteiger partial charge in [-0.05, 0) is 66.3 Å². The molecular weight excluding hydrogens is 370 g/mol. The van der Waals surface area contributed by atoms with Gasteiger partial charge in [-0.15, -0.1) is 11.3 Å². The van der Waals surface area contributed by atoms with E-state index in [-0.39, 0.29) is 17.4 Å².